The number of nitrogens with zero attached hydrogens (tertiary/aromatic N) is 5. The monoisotopic (exact) mass is 418 g/mol. The van der Waals surface area contributed by atoms with Crippen molar-refractivity contribution in [3.8, 4) is 11.3 Å². The van der Waals surface area contributed by atoms with Crippen molar-refractivity contribution < 1.29 is 4.74 Å². The molecule has 0 spiro atoms. The zero-order valence-electron chi connectivity index (χ0n) is 17.2. The molecule has 1 aliphatic heterocycles. The van der Waals surface area contributed by atoms with E-state index in [1.807, 2.05) is 24.4 Å². The van der Waals surface area contributed by atoms with E-state index in [4.69, 9.17) is 26.6 Å². The first-order valence-corrected chi connectivity index (χ1v) is 10.2. The lowest BCUT2D eigenvalue weighted by Gasteiger charge is -2.34. The largest absolute Gasteiger partial charge is 0.393 e. The number of amidine groups is 2. The number of hydrogen-bond acceptors (Lipinski definition) is 7. The van der Waals surface area contributed by atoms with Crippen molar-refractivity contribution in [1.29, 1.82) is 5.41 Å². The van der Waals surface area contributed by atoms with Crippen LogP contribution in [0, 0.1) is 5.41 Å². The Labute approximate surface area is 180 Å². The third-order valence-corrected chi connectivity index (χ3v) is 5.24. The van der Waals surface area contributed by atoms with Crippen LogP contribution in [0.5, 0.6) is 0 Å². The zero-order valence-corrected chi connectivity index (χ0v) is 17.2. The number of piperazine rings is 1. The van der Waals surface area contributed by atoms with Gasteiger partial charge in [-0.2, -0.15) is 0 Å². The number of hydrogen-bond donors (Lipinski definition) is 3. The molecule has 1 fully saturated rings. The number of benzene rings is 2. The number of aliphatic imine (C=N–C) groups is 1. The summed E-state index contributed by atoms with van der Waals surface area (Å²) in [5.41, 5.74) is 12.7. The Morgan fingerprint density at radius 3 is 2.58 bits per heavy atom. The SMILES string of the molecule is N=C(N)OC(N)=NCCN1CCN(c2nccc(-c3ccc4ccccc4c3)n2)CC1. The first-order valence-electron chi connectivity index (χ1n) is 10.2. The first kappa shape index (κ1) is 20.5. The summed E-state index contributed by atoms with van der Waals surface area (Å²) in [6, 6.07) is 16.1. The maximum Gasteiger partial charge on any atom is 0.289 e. The van der Waals surface area contributed by atoms with E-state index in [1.54, 1.807) is 0 Å². The molecule has 160 valence electrons. The first-order chi connectivity index (χ1) is 15.1. The maximum absolute atomic E-state index is 7.03. The van der Waals surface area contributed by atoms with E-state index < -0.39 is 6.02 Å². The summed E-state index contributed by atoms with van der Waals surface area (Å²) in [6.07, 6.45) is 1.83. The van der Waals surface area contributed by atoms with Gasteiger partial charge in [-0.1, -0.05) is 36.4 Å². The van der Waals surface area contributed by atoms with Gasteiger partial charge in [-0.25, -0.2) is 15.0 Å². The molecule has 0 atom stereocenters. The Bertz CT molecular complexity index is 1090. The van der Waals surface area contributed by atoms with Crippen molar-refractivity contribution in [2.24, 2.45) is 16.5 Å². The molecule has 9 heteroatoms. The number of fused-ring (bicyclic) bond motifs is 1. The topological polar surface area (TPSA) is 130 Å². The van der Waals surface area contributed by atoms with E-state index in [9.17, 15) is 0 Å². The molecule has 3 aromatic rings. The minimum atomic E-state index is -0.458. The summed E-state index contributed by atoms with van der Waals surface area (Å²) < 4.78 is 4.73. The number of aromatic nitrogens is 2. The predicted molar refractivity (Wildman–Crippen MR) is 123 cm³/mol. The molecule has 0 amide bonds. The van der Waals surface area contributed by atoms with Gasteiger partial charge in [0, 0.05) is 44.5 Å². The molecule has 4 rings (SSSR count). The van der Waals surface area contributed by atoms with Crippen LogP contribution in [0.3, 0.4) is 0 Å². The van der Waals surface area contributed by atoms with Gasteiger partial charge in [0.15, 0.2) is 0 Å². The van der Waals surface area contributed by atoms with Gasteiger partial charge in [0.1, 0.15) is 0 Å². The highest BCUT2D eigenvalue weighted by atomic mass is 16.5. The number of ether oxygens (including phenoxy) is 1. The highest BCUT2D eigenvalue weighted by molar-refractivity contribution is 5.87. The highest BCUT2D eigenvalue weighted by Gasteiger charge is 2.19. The van der Waals surface area contributed by atoms with Crippen LogP contribution in [0.25, 0.3) is 22.0 Å². The van der Waals surface area contributed by atoms with Gasteiger partial charge in [-0.15, -0.1) is 0 Å². The van der Waals surface area contributed by atoms with Gasteiger partial charge in [-0.3, -0.25) is 10.3 Å². The fourth-order valence-electron chi connectivity index (χ4n) is 3.63. The van der Waals surface area contributed by atoms with Crippen LogP contribution in [0.1, 0.15) is 0 Å². The van der Waals surface area contributed by atoms with Gasteiger partial charge in [0.05, 0.1) is 12.2 Å². The standard InChI is InChI=1S/C22H26N8O/c23-20(24)31-21(25)26-9-10-29-11-13-30(14-12-29)22-27-8-7-19(28-22)18-6-5-16-3-1-2-4-17(16)15-18/h1-8,15H,9-14H2,(H3,23,24)(H2,25,26). The van der Waals surface area contributed by atoms with Gasteiger partial charge >= 0.3 is 0 Å². The molecule has 0 radical (unpaired) electrons. The molecular weight excluding hydrogens is 392 g/mol. The van der Waals surface area contributed by atoms with Crippen LogP contribution in [0.2, 0.25) is 0 Å². The van der Waals surface area contributed by atoms with E-state index in [1.165, 1.54) is 10.8 Å². The zero-order chi connectivity index (χ0) is 21.6. The van der Waals surface area contributed by atoms with Crippen molar-refractivity contribution in [2.75, 3.05) is 44.2 Å². The number of nitrogens with one attached hydrogen (secondary N) is 1. The van der Waals surface area contributed by atoms with Crippen molar-refractivity contribution in [3.05, 3.63) is 54.7 Å². The minimum absolute atomic E-state index is 0.0787. The summed E-state index contributed by atoms with van der Waals surface area (Å²) in [7, 11) is 0. The molecule has 0 saturated carbocycles. The van der Waals surface area contributed by atoms with Crippen molar-refractivity contribution in [3.63, 3.8) is 0 Å². The van der Waals surface area contributed by atoms with Crippen LogP contribution < -0.4 is 16.4 Å². The van der Waals surface area contributed by atoms with Crippen molar-refractivity contribution in [2.45, 2.75) is 0 Å². The lowest BCUT2D eigenvalue weighted by atomic mass is 10.1. The Balaban J connectivity index is 1.36. The molecule has 1 saturated heterocycles. The summed E-state index contributed by atoms with van der Waals surface area (Å²) >= 11 is 0. The molecule has 2 aromatic carbocycles. The smallest absolute Gasteiger partial charge is 0.289 e. The van der Waals surface area contributed by atoms with Crippen LogP contribution >= 0.6 is 0 Å². The lowest BCUT2D eigenvalue weighted by molar-refractivity contribution is 0.263. The predicted octanol–water partition coefficient (Wildman–Crippen LogP) is 1.64. The van der Waals surface area contributed by atoms with Crippen molar-refractivity contribution in [1.82, 2.24) is 14.9 Å². The van der Waals surface area contributed by atoms with Crippen LogP contribution in [-0.2, 0) is 4.74 Å². The van der Waals surface area contributed by atoms with Crippen molar-refractivity contribution >= 4 is 28.8 Å². The summed E-state index contributed by atoms with van der Waals surface area (Å²) in [5.74, 6) is 0.752. The number of anilines is 1. The summed E-state index contributed by atoms with van der Waals surface area (Å²) in [5, 5.41) is 9.45. The van der Waals surface area contributed by atoms with Gasteiger partial charge in [0.2, 0.25) is 5.95 Å². The van der Waals surface area contributed by atoms with Crippen LogP contribution in [0.4, 0.5) is 5.95 Å². The minimum Gasteiger partial charge on any atom is -0.393 e. The number of rotatable bonds is 5. The molecule has 1 aliphatic rings. The van der Waals surface area contributed by atoms with E-state index in [2.05, 4.69) is 50.1 Å². The summed E-state index contributed by atoms with van der Waals surface area (Å²) in [6.45, 7) is 4.69. The Morgan fingerprint density at radius 2 is 1.81 bits per heavy atom. The molecule has 2 heterocycles. The summed E-state index contributed by atoms with van der Waals surface area (Å²) in [4.78, 5) is 17.9. The Kier molecular flexibility index (Phi) is 6.23. The highest BCUT2D eigenvalue weighted by Crippen LogP contribution is 2.24. The van der Waals surface area contributed by atoms with Crippen LogP contribution in [0.15, 0.2) is 59.7 Å². The van der Waals surface area contributed by atoms with Gasteiger partial charge < -0.3 is 21.1 Å². The maximum atomic E-state index is 7.03. The molecular formula is C22H26N8O. The third-order valence-electron chi connectivity index (χ3n) is 5.24. The molecule has 0 aliphatic carbocycles. The molecule has 1 aromatic heterocycles. The third kappa shape index (κ3) is 5.26. The normalized spacial score (nSPS) is 15.2. The molecule has 31 heavy (non-hydrogen) atoms. The van der Waals surface area contributed by atoms with E-state index in [0.717, 1.165) is 49.9 Å². The second kappa shape index (κ2) is 9.40. The Hall–Kier alpha value is -3.72. The average molecular weight is 419 g/mol. The van der Waals surface area contributed by atoms with E-state index in [0.29, 0.717) is 6.54 Å². The second-order valence-electron chi connectivity index (χ2n) is 7.32. The number of nitrogens with two attached hydrogens (primary N) is 2. The average Bonchev–Trinajstić information content (AvgIpc) is 2.79. The van der Waals surface area contributed by atoms with E-state index in [-0.39, 0.29) is 6.02 Å². The molecule has 5 N–H and O–H groups in total. The van der Waals surface area contributed by atoms with Gasteiger partial charge in [-0.05, 0) is 22.9 Å². The van der Waals surface area contributed by atoms with E-state index >= 15 is 0 Å². The van der Waals surface area contributed by atoms with Gasteiger partial charge in [0.25, 0.3) is 12.0 Å². The molecule has 0 bridgehead atoms. The molecule has 9 nitrogen and oxygen atoms in total. The molecule has 0 unspecified atom stereocenters. The van der Waals surface area contributed by atoms with Crippen LogP contribution in [-0.4, -0.2) is 66.2 Å². The Morgan fingerprint density at radius 1 is 1.03 bits per heavy atom. The lowest BCUT2D eigenvalue weighted by Crippen LogP contribution is -2.47. The fourth-order valence-corrected chi connectivity index (χ4v) is 3.63. The quantitative estimate of drug-likeness (QED) is 0.424. The second-order valence-corrected chi connectivity index (χ2v) is 7.32. The fraction of sp³-hybridized carbons (Fsp3) is 0.273.